The maximum Gasteiger partial charge on any atom is 0.256 e. The molecule has 0 radical (unpaired) electrons. The highest BCUT2D eigenvalue weighted by atomic mass is 35.5. The number of aromatic nitrogens is 4. The molecule has 14 nitrogen and oxygen atoms in total. The van der Waals surface area contributed by atoms with Crippen LogP contribution in [0.4, 0.5) is 17.6 Å². The normalized spacial score (nSPS) is 14.0. The highest BCUT2D eigenvalue weighted by Crippen LogP contribution is 2.50. The summed E-state index contributed by atoms with van der Waals surface area (Å²) in [6, 6.07) is 30.1. The van der Waals surface area contributed by atoms with E-state index in [4.69, 9.17) is 28.2 Å². The molecule has 1 saturated carbocycles. The van der Waals surface area contributed by atoms with Crippen molar-refractivity contribution in [2.75, 3.05) is 28.3 Å². The van der Waals surface area contributed by atoms with E-state index in [2.05, 4.69) is 41.1 Å². The van der Waals surface area contributed by atoms with Crippen LogP contribution in [0.2, 0.25) is 10.0 Å². The molecule has 3 heterocycles. The molecule has 1 aliphatic heterocycles. The van der Waals surface area contributed by atoms with E-state index in [0.29, 0.717) is 64.7 Å². The second kappa shape index (κ2) is 21.6. The number of anilines is 3. The van der Waals surface area contributed by atoms with E-state index >= 15 is 0 Å². The molecule has 1 atom stereocenters. The van der Waals surface area contributed by atoms with Crippen molar-refractivity contribution < 1.29 is 24.0 Å². The minimum absolute atomic E-state index is 0.106. The summed E-state index contributed by atoms with van der Waals surface area (Å²) < 4.78 is 11.8. The van der Waals surface area contributed by atoms with E-state index in [0.717, 1.165) is 35.2 Å². The standard InChI is InChI=1S/C26H28ClN5O2.C21H21ClN4O3S/c27-22-13-19(7-8-20(22)17-33)15-28-23-21(24(34)29-14-18-5-2-1-3-6-18)16-30-25(31-23)32-12-4-9-26(32)10-11-26;1-30(29)21-25-12-17(20(28)24-10-14-5-3-2-4-6-14)19(26-21)23-11-15-7-8-16(13-27)18(22)9-15/h1-3,5-8,13,16,33H,4,9-12,14-15,17H2,(H,29,34)(H,28,30,31);2-9,12,27H,10-11,13H2,1H3,(H,24,28)(H,23,25,26). The molecular weight excluding hydrogens is 874 g/mol. The van der Waals surface area contributed by atoms with Gasteiger partial charge in [0.2, 0.25) is 11.1 Å². The molecule has 1 aliphatic carbocycles. The third-order valence-corrected chi connectivity index (χ3v) is 12.5. The molecular formula is C47H49Cl2N9O5S. The molecule has 4 aromatic carbocycles. The van der Waals surface area contributed by atoms with Gasteiger partial charge in [-0.3, -0.25) is 13.8 Å². The topological polar surface area (TPSA) is 195 Å². The van der Waals surface area contributed by atoms with Gasteiger partial charge in [-0.25, -0.2) is 15.0 Å². The third-order valence-electron chi connectivity index (χ3n) is 11.0. The number of rotatable bonds is 16. The molecule has 2 amide bonds. The Hall–Kier alpha value is -5.97. The largest absolute Gasteiger partial charge is 0.392 e. The van der Waals surface area contributed by atoms with Crippen LogP contribution in [-0.2, 0) is 50.2 Å². The fourth-order valence-corrected chi connectivity index (χ4v) is 8.25. The van der Waals surface area contributed by atoms with Crippen LogP contribution in [-0.4, -0.2) is 64.5 Å². The summed E-state index contributed by atoms with van der Waals surface area (Å²) in [6.45, 7) is 2.24. The van der Waals surface area contributed by atoms with Crippen LogP contribution < -0.4 is 26.2 Å². The van der Waals surface area contributed by atoms with E-state index in [1.165, 1.54) is 31.7 Å². The van der Waals surface area contributed by atoms with Gasteiger partial charge in [0.25, 0.3) is 11.8 Å². The molecule has 2 aromatic heterocycles. The molecule has 1 unspecified atom stereocenters. The molecule has 6 N–H and O–H groups in total. The second-order valence-electron chi connectivity index (χ2n) is 15.5. The van der Waals surface area contributed by atoms with Crippen molar-refractivity contribution in [1.29, 1.82) is 0 Å². The number of carbonyl (C=O) groups is 2. The Morgan fingerprint density at radius 1 is 0.672 bits per heavy atom. The highest BCUT2D eigenvalue weighted by molar-refractivity contribution is 7.84. The third kappa shape index (κ3) is 11.8. The number of carbonyl (C=O) groups excluding carboxylic acids is 2. The zero-order valence-electron chi connectivity index (χ0n) is 35.2. The number of aliphatic hydroxyl groups is 2. The van der Waals surface area contributed by atoms with Gasteiger partial charge in [0.1, 0.15) is 22.8 Å². The molecule has 8 rings (SSSR count). The Morgan fingerprint density at radius 3 is 1.64 bits per heavy atom. The van der Waals surface area contributed by atoms with E-state index in [1.807, 2.05) is 78.9 Å². The molecule has 0 bridgehead atoms. The average Bonchev–Trinajstić information content (AvgIpc) is 3.98. The van der Waals surface area contributed by atoms with Gasteiger partial charge in [-0.15, -0.1) is 0 Å². The number of halogens is 2. The molecule has 2 fully saturated rings. The van der Waals surface area contributed by atoms with Crippen molar-refractivity contribution in [3.63, 3.8) is 0 Å². The summed E-state index contributed by atoms with van der Waals surface area (Å²) in [5, 5.41) is 31.9. The monoisotopic (exact) mass is 921 g/mol. The molecule has 6 aromatic rings. The molecule has 17 heteroatoms. The Labute approximate surface area is 384 Å². The van der Waals surface area contributed by atoms with Gasteiger partial charge in [-0.2, -0.15) is 4.98 Å². The molecule has 2 aliphatic rings. The lowest BCUT2D eigenvalue weighted by atomic mass is 10.1. The van der Waals surface area contributed by atoms with Crippen LogP contribution in [0.1, 0.15) is 79.8 Å². The second-order valence-corrected chi connectivity index (χ2v) is 17.6. The molecule has 1 saturated heterocycles. The lowest BCUT2D eigenvalue weighted by Crippen LogP contribution is -2.33. The summed E-state index contributed by atoms with van der Waals surface area (Å²) in [5.41, 5.74) is 5.93. The summed E-state index contributed by atoms with van der Waals surface area (Å²) in [7, 11) is -1.39. The first-order valence-corrected chi connectivity index (χ1v) is 23.1. The predicted octanol–water partition coefficient (Wildman–Crippen LogP) is 7.20. The van der Waals surface area contributed by atoms with Gasteiger partial charge in [-0.05, 0) is 71.2 Å². The Bertz CT molecular complexity index is 2600. The Morgan fingerprint density at radius 2 is 1.17 bits per heavy atom. The number of hydrogen-bond donors (Lipinski definition) is 6. The van der Waals surface area contributed by atoms with Crippen molar-refractivity contribution in [1.82, 2.24) is 30.6 Å². The average molecular weight is 923 g/mol. The van der Waals surface area contributed by atoms with Crippen molar-refractivity contribution in [2.24, 2.45) is 0 Å². The lowest BCUT2D eigenvalue weighted by molar-refractivity contribution is 0.0942. The fourth-order valence-electron chi connectivity index (χ4n) is 7.30. The van der Waals surface area contributed by atoms with E-state index < -0.39 is 10.8 Å². The van der Waals surface area contributed by atoms with Gasteiger partial charge in [0.15, 0.2) is 0 Å². The Balaban J connectivity index is 0.000000193. The van der Waals surface area contributed by atoms with E-state index in [-0.39, 0.29) is 47.1 Å². The number of aliphatic hydroxyl groups excluding tert-OH is 2. The lowest BCUT2D eigenvalue weighted by Gasteiger charge is -2.25. The van der Waals surface area contributed by atoms with Crippen molar-refractivity contribution in [3.8, 4) is 0 Å². The van der Waals surface area contributed by atoms with Crippen molar-refractivity contribution in [2.45, 2.75) is 75.8 Å². The van der Waals surface area contributed by atoms with Crippen LogP contribution in [0.3, 0.4) is 0 Å². The highest BCUT2D eigenvalue weighted by Gasteiger charge is 2.51. The van der Waals surface area contributed by atoms with Gasteiger partial charge < -0.3 is 36.4 Å². The zero-order valence-corrected chi connectivity index (χ0v) is 37.5. The smallest absolute Gasteiger partial charge is 0.256 e. The maximum atomic E-state index is 13.1. The number of benzene rings is 4. The summed E-state index contributed by atoms with van der Waals surface area (Å²) >= 11 is 12.4. The van der Waals surface area contributed by atoms with E-state index in [1.54, 1.807) is 24.4 Å². The quantitative estimate of drug-likeness (QED) is 0.0536. The minimum Gasteiger partial charge on any atom is -0.392 e. The van der Waals surface area contributed by atoms with Crippen LogP contribution in [0.5, 0.6) is 0 Å². The van der Waals surface area contributed by atoms with Gasteiger partial charge in [-0.1, -0.05) is 108 Å². The maximum absolute atomic E-state index is 13.1. The zero-order chi connectivity index (χ0) is 45.1. The predicted molar refractivity (Wildman–Crippen MR) is 250 cm³/mol. The fraction of sp³-hybridized carbons (Fsp3) is 0.277. The number of nitrogens with zero attached hydrogens (tertiary/aromatic N) is 5. The minimum atomic E-state index is -1.39. The number of hydrogen-bond acceptors (Lipinski definition) is 12. The van der Waals surface area contributed by atoms with Crippen LogP contribution in [0.25, 0.3) is 0 Å². The van der Waals surface area contributed by atoms with Crippen LogP contribution in [0, 0.1) is 0 Å². The van der Waals surface area contributed by atoms with Crippen LogP contribution >= 0.6 is 23.2 Å². The molecule has 1 spiro atoms. The SMILES string of the molecule is CS(=O)c1ncc(C(=O)NCc2ccccc2)c(NCc2ccc(CO)c(Cl)c2)n1.O=C(NCc1ccccc1)c1cnc(N2CCCC23CC3)nc1NCc1ccc(CO)c(Cl)c1. The summed E-state index contributed by atoms with van der Waals surface area (Å²) in [6.07, 6.45) is 9.13. The Kier molecular flexibility index (Phi) is 15.5. The van der Waals surface area contributed by atoms with Crippen LogP contribution in [0.15, 0.2) is 115 Å². The first-order valence-electron chi connectivity index (χ1n) is 20.8. The number of nitrogens with one attached hydrogen (secondary N) is 4. The van der Waals surface area contributed by atoms with Crippen molar-refractivity contribution >= 4 is 63.4 Å². The first kappa shape index (κ1) is 46.0. The van der Waals surface area contributed by atoms with Crippen molar-refractivity contribution in [3.05, 3.63) is 164 Å². The molecule has 64 heavy (non-hydrogen) atoms. The molecule has 332 valence electrons. The summed E-state index contributed by atoms with van der Waals surface area (Å²) in [5.74, 6) is 0.882. The van der Waals surface area contributed by atoms with Gasteiger partial charge in [0.05, 0.1) is 24.0 Å². The first-order chi connectivity index (χ1) is 31.1. The number of amides is 2. The van der Waals surface area contributed by atoms with Gasteiger partial charge in [0, 0.05) is 67.0 Å². The van der Waals surface area contributed by atoms with E-state index in [9.17, 15) is 24.0 Å². The van der Waals surface area contributed by atoms with Gasteiger partial charge >= 0.3 is 0 Å². The summed E-state index contributed by atoms with van der Waals surface area (Å²) in [4.78, 5) is 45.8.